The van der Waals surface area contributed by atoms with Gasteiger partial charge in [0, 0.05) is 36.2 Å². The maximum Gasteiger partial charge on any atom is 0.260 e. The number of hydrogen-bond donors (Lipinski definition) is 0. The molecule has 2 amide bonds. The van der Waals surface area contributed by atoms with Crippen molar-refractivity contribution in [2.75, 3.05) is 39.4 Å². The first-order valence-corrected chi connectivity index (χ1v) is 10.0. The van der Waals surface area contributed by atoms with Crippen molar-refractivity contribution in [2.24, 2.45) is 0 Å². The van der Waals surface area contributed by atoms with E-state index in [9.17, 15) is 9.59 Å². The molecule has 1 fully saturated rings. The normalized spacial score (nSPS) is 13.9. The first kappa shape index (κ1) is 20.2. The third-order valence-electron chi connectivity index (χ3n) is 4.49. The molecule has 1 aliphatic heterocycles. The molecule has 1 saturated heterocycles. The lowest BCUT2D eigenvalue weighted by atomic mass is 10.2. The lowest BCUT2D eigenvalue weighted by molar-refractivity contribution is -0.134. The molecule has 0 spiro atoms. The molecule has 0 aromatic heterocycles. The van der Waals surface area contributed by atoms with Gasteiger partial charge in [0.15, 0.2) is 18.1 Å². The zero-order chi connectivity index (χ0) is 19.9. The fourth-order valence-electron chi connectivity index (χ4n) is 3.04. The van der Waals surface area contributed by atoms with E-state index in [0.29, 0.717) is 49.8 Å². The molecule has 0 atom stereocenters. The van der Waals surface area contributed by atoms with Crippen molar-refractivity contribution >= 4 is 27.7 Å². The second kappa shape index (κ2) is 9.59. The number of para-hydroxylation sites is 2. The number of amides is 2. The first-order valence-electron chi connectivity index (χ1n) is 9.25. The molecule has 3 rings (SSSR count). The number of halogens is 1. The van der Waals surface area contributed by atoms with Crippen molar-refractivity contribution in [2.45, 2.75) is 6.92 Å². The Morgan fingerprint density at radius 1 is 0.929 bits per heavy atom. The summed E-state index contributed by atoms with van der Waals surface area (Å²) in [5, 5.41) is 0. The van der Waals surface area contributed by atoms with E-state index in [-0.39, 0.29) is 18.4 Å². The van der Waals surface area contributed by atoms with Crippen molar-refractivity contribution in [3.05, 3.63) is 58.6 Å². The van der Waals surface area contributed by atoms with E-state index in [4.69, 9.17) is 9.47 Å². The van der Waals surface area contributed by atoms with E-state index < -0.39 is 0 Å². The summed E-state index contributed by atoms with van der Waals surface area (Å²) in [5.74, 6) is 1.07. The lowest BCUT2D eigenvalue weighted by Crippen LogP contribution is -2.51. The number of ether oxygens (including phenoxy) is 2. The highest BCUT2D eigenvalue weighted by Gasteiger charge is 2.25. The van der Waals surface area contributed by atoms with Crippen LogP contribution in [0.2, 0.25) is 0 Å². The van der Waals surface area contributed by atoms with Crippen LogP contribution in [0.1, 0.15) is 17.3 Å². The number of nitrogens with zero attached hydrogens (tertiary/aromatic N) is 2. The van der Waals surface area contributed by atoms with Crippen LogP contribution in [0.25, 0.3) is 0 Å². The molecule has 2 aromatic carbocycles. The number of benzene rings is 2. The second-order valence-corrected chi connectivity index (χ2v) is 7.27. The minimum Gasteiger partial charge on any atom is -0.490 e. The van der Waals surface area contributed by atoms with Crippen LogP contribution in [-0.4, -0.2) is 61.0 Å². The SMILES string of the molecule is CCOc1ccccc1OCC(=O)N1CCN(C(=O)c2cccc(Br)c2)CC1. The van der Waals surface area contributed by atoms with Gasteiger partial charge in [-0.05, 0) is 37.3 Å². The third-order valence-corrected chi connectivity index (χ3v) is 4.98. The van der Waals surface area contributed by atoms with Gasteiger partial charge in [-0.3, -0.25) is 9.59 Å². The Hall–Kier alpha value is -2.54. The second-order valence-electron chi connectivity index (χ2n) is 6.35. The summed E-state index contributed by atoms with van der Waals surface area (Å²) in [6, 6.07) is 14.6. The molecule has 0 saturated carbocycles. The molecular weight excluding hydrogens is 424 g/mol. The minimum absolute atomic E-state index is 0.0182. The van der Waals surface area contributed by atoms with Crippen LogP contribution in [0.3, 0.4) is 0 Å². The molecule has 7 heteroatoms. The Morgan fingerprint density at radius 2 is 1.57 bits per heavy atom. The van der Waals surface area contributed by atoms with Crippen molar-refractivity contribution in [1.29, 1.82) is 0 Å². The average molecular weight is 447 g/mol. The molecule has 1 heterocycles. The summed E-state index contributed by atoms with van der Waals surface area (Å²) < 4.78 is 12.0. The standard InChI is InChI=1S/C21H23BrN2O4/c1-2-27-18-8-3-4-9-19(18)28-15-20(25)23-10-12-24(13-11-23)21(26)16-6-5-7-17(22)14-16/h3-9,14H,2,10-13,15H2,1H3. The zero-order valence-electron chi connectivity index (χ0n) is 15.8. The molecule has 6 nitrogen and oxygen atoms in total. The molecule has 28 heavy (non-hydrogen) atoms. The van der Waals surface area contributed by atoms with E-state index in [1.54, 1.807) is 21.9 Å². The van der Waals surface area contributed by atoms with Crippen molar-refractivity contribution in [3.63, 3.8) is 0 Å². The number of carbonyl (C=O) groups excluding carboxylic acids is 2. The van der Waals surface area contributed by atoms with Crippen LogP contribution in [0, 0.1) is 0 Å². The molecule has 1 aliphatic rings. The van der Waals surface area contributed by atoms with Gasteiger partial charge in [0.05, 0.1) is 6.61 Å². The fraction of sp³-hybridized carbons (Fsp3) is 0.333. The van der Waals surface area contributed by atoms with Gasteiger partial charge < -0.3 is 19.3 Å². The minimum atomic E-state index is -0.0964. The summed E-state index contributed by atoms with van der Waals surface area (Å²) >= 11 is 3.39. The van der Waals surface area contributed by atoms with Gasteiger partial charge in [0.1, 0.15) is 0 Å². The number of hydrogen-bond acceptors (Lipinski definition) is 4. The summed E-state index contributed by atoms with van der Waals surface area (Å²) in [4.78, 5) is 28.6. The fourth-order valence-corrected chi connectivity index (χ4v) is 3.44. The predicted molar refractivity (Wildman–Crippen MR) is 110 cm³/mol. The smallest absolute Gasteiger partial charge is 0.260 e. The van der Waals surface area contributed by atoms with Crippen LogP contribution >= 0.6 is 15.9 Å². The van der Waals surface area contributed by atoms with Gasteiger partial charge in [0.2, 0.25) is 0 Å². The number of rotatable bonds is 6. The summed E-state index contributed by atoms with van der Waals surface area (Å²) in [5.41, 5.74) is 0.644. The lowest BCUT2D eigenvalue weighted by Gasteiger charge is -2.34. The Labute approximate surface area is 173 Å². The van der Waals surface area contributed by atoms with Crippen molar-refractivity contribution in [1.82, 2.24) is 9.80 Å². The maximum absolute atomic E-state index is 12.6. The highest BCUT2D eigenvalue weighted by atomic mass is 79.9. The van der Waals surface area contributed by atoms with Gasteiger partial charge in [0.25, 0.3) is 11.8 Å². The molecular formula is C21H23BrN2O4. The van der Waals surface area contributed by atoms with Gasteiger partial charge >= 0.3 is 0 Å². The van der Waals surface area contributed by atoms with E-state index in [0.717, 1.165) is 4.47 Å². The number of carbonyl (C=O) groups is 2. The van der Waals surface area contributed by atoms with Crippen LogP contribution < -0.4 is 9.47 Å². The van der Waals surface area contributed by atoms with Crippen molar-refractivity contribution in [3.8, 4) is 11.5 Å². The Balaban J connectivity index is 1.51. The third kappa shape index (κ3) is 5.04. The number of piperazine rings is 1. The van der Waals surface area contributed by atoms with E-state index >= 15 is 0 Å². The molecule has 0 unspecified atom stereocenters. The Bertz CT molecular complexity index is 835. The first-order chi connectivity index (χ1) is 13.6. The van der Waals surface area contributed by atoms with Gasteiger partial charge in [-0.2, -0.15) is 0 Å². The average Bonchev–Trinajstić information content (AvgIpc) is 2.73. The van der Waals surface area contributed by atoms with E-state index in [2.05, 4.69) is 15.9 Å². The monoisotopic (exact) mass is 446 g/mol. The molecule has 2 aromatic rings. The molecule has 0 radical (unpaired) electrons. The predicted octanol–water partition coefficient (Wildman–Crippen LogP) is 3.21. The largest absolute Gasteiger partial charge is 0.490 e. The molecule has 148 valence electrons. The molecule has 0 N–H and O–H groups in total. The van der Waals surface area contributed by atoms with E-state index in [1.807, 2.05) is 43.3 Å². The van der Waals surface area contributed by atoms with Crippen molar-refractivity contribution < 1.29 is 19.1 Å². The van der Waals surface area contributed by atoms with E-state index in [1.165, 1.54) is 0 Å². The quantitative estimate of drug-likeness (QED) is 0.683. The zero-order valence-corrected chi connectivity index (χ0v) is 17.4. The Morgan fingerprint density at radius 3 is 2.21 bits per heavy atom. The summed E-state index contributed by atoms with van der Waals surface area (Å²) in [6.07, 6.45) is 0. The summed E-state index contributed by atoms with van der Waals surface area (Å²) in [6.45, 7) is 4.38. The van der Waals surface area contributed by atoms with Gasteiger partial charge in [-0.1, -0.05) is 34.1 Å². The molecule has 0 bridgehead atoms. The molecule has 0 aliphatic carbocycles. The van der Waals surface area contributed by atoms with Crippen LogP contribution in [0.5, 0.6) is 11.5 Å². The van der Waals surface area contributed by atoms with Crippen LogP contribution in [-0.2, 0) is 4.79 Å². The highest BCUT2D eigenvalue weighted by Crippen LogP contribution is 2.26. The maximum atomic E-state index is 12.6. The highest BCUT2D eigenvalue weighted by molar-refractivity contribution is 9.10. The van der Waals surface area contributed by atoms with Gasteiger partial charge in [-0.25, -0.2) is 0 Å². The summed E-state index contributed by atoms with van der Waals surface area (Å²) in [7, 11) is 0. The van der Waals surface area contributed by atoms with Crippen LogP contribution in [0.4, 0.5) is 0 Å². The van der Waals surface area contributed by atoms with Gasteiger partial charge in [-0.15, -0.1) is 0 Å². The Kier molecular flexibility index (Phi) is 6.92. The topological polar surface area (TPSA) is 59.1 Å². The van der Waals surface area contributed by atoms with Crippen LogP contribution in [0.15, 0.2) is 53.0 Å².